The maximum atomic E-state index is 13.9. The molecule has 14 nitrogen and oxygen atoms in total. The van der Waals surface area contributed by atoms with Crippen LogP contribution in [0.3, 0.4) is 0 Å². The molecule has 57 heavy (non-hydrogen) atoms. The van der Waals surface area contributed by atoms with Gasteiger partial charge in [0.25, 0.3) is 22.9 Å². The number of benzene rings is 2. The molecule has 5 heterocycles. The van der Waals surface area contributed by atoms with Gasteiger partial charge >= 0.3 is 0 Å². The number of rotatable bonds is 10. The van der Waals surface area contributed by atoms with Gasteiger partial charge in [-0.05, 0) is 54.3 Å². The number of hydrogen-bond acceptors (Lipinski definition) is 10. The van der Waals surface area contributed by atoms with Crippen LogP contribution in [0.1, 0.15) is 48.4 Å². The molecule has 7 rings (SSSR count). The number of nitrogens with one attached hydrogen (secondary N) is 2. The van der Waals surface area contributed by atoms with Gasteiger partial charge in [0.1, 0.15) is 34.3 Å². The second kappa shape index (κ2) is 16.1. The van der Waals surface area contributed by atoms with Crippen molar-refractivity contribution in [1.82, 2.24) is 19.1 Å². The number of morpholine rings is 1. The van der Waals surface area contributed by atoms with E-state index in [1.807, 2.05) is 33.8 Å². The molecule has 6 aromatic rings. The van der Waals surface area contributed by atoms with Crippen LogP contribution in [-0.2, 0) is 17.8 Å². The second-order valence-electron chi connectivity index (χ2n) is 14.8. The first-order valence-electron chi connectivity index (χ1n) is 18.6. The third kappa shape index (κ3) is 7.91. The monoisotopic (exact) mass is 791 g/mol. The Morgan fingerprint density at radius 3 is 2.02 bits per heavy atom. The standard InChI is InChI=1S/C42H42ClN7O7/c1-23(2)21-49-31-8-6-5-7-28(31)37(51)35(41(49)55)40(54)47-34-19-26(43)18-30(45-34)25-9-10-32-29(17-25)38(52)36(42(56)50(32)22-24(3)4)39(53)46-33-20-27(11-12-44-33)48-13-15-57-16-14-48/h5-12,17-20,23-24,51-52H,13-16,21-22H2,1-4H3,(H,44,46,53)(H,45,47,54). The third-order valence-electron chi connectivity index (χ3n) is 9.62. The largest absolute Gasteiger partial charge is 0.506 e. The number of aromatic hydroxyl groups is 2. The van der Waals surface area contributed by atoms with Crippen molar-refractivity contribution in [2.45, 2.75) is 40.8 Å². The van der Waals surface area contributed by atoms with Gasteiger partial charge in [-0.1, -0.05) is 57.5 Å². The molecule has 0 atom stereocenters. The summed E-state index contributed by atoms with van der Waals surface area (Å²) in [4.78, 5) is 66.1. The van der Waals surface area contributed by atoms with Crippen molar-refractivity contribution in [3.05, 3.63) is 110 Å². The van der Waals surface area contributed by atoms with E-state index in [-0.39, 0.29) is 46.1 Å². The van der Waals surface area contributed by atoms with E-state index >= 15 is 0 Å². The van der Waals surface area contributed by atoms with E-state index in [0.717, 1.165) is 5.69 Å². The SMILES string of the molecule is CC(C)Cn1c(=O)c(C(=O)Nc2cc(N3CCOCC3)ccn2)c(O)c2cc(-c3cc(Cl)cc(NC(=O)c4c(O)c5ccccc5n(CC(C)C)c4=O)n3)ccc21. The number of hydrogen-bond donors (Lipinski definition) is 4. The van der Waals surface area contributed by atoms with Crippen molar-refractivity contribution in [2.75, 3.05) is 41.8 Å². The van der Waals surface area contributed by atoms with Crippen molar-refractivity contribution in [1.29, 1.82) is 0 Å². The van der Waals surface area contributed by atoms with Gasteiger partial charge in [-0.2, -0.15) is 0 Å². The number of para-hydroxylation sites is 1. The smallest absolute Gasteiger partial charge is 0.267 e. The number of carbonyl (C=O) groups is 2. The Bertz CT molecular complexity index is 2670. The van der Waals surface area contributed by atoms with Crippen LogP contribution in [0.25, 0.3) is 33.1 Å². The Morgan fingerprint density at radius 2 is 1.37 bits per heavy atom. The summed E-state index contributed by atoms with van der Waals surface area (Å²) in [5, 5.41) is 28.9. The molecule has 1 aliphatic rings. The molecule has 1 aliphatic heterocycles. The Labute approximate surface area is 332 Å². The van der Waals surface area contributed by atoms with Crippen LogP contribution in [0.2, 0.25) is 5.02 Å². The quantitative estimate of drug-likeness (QED) is 0.120. The van der Waals surface area contributed by atoms with E-state index in [4.69, 9.17) is 16.3 Å². The summed E-state index contributed by atoms with van der Waals surface area (Å²) < 4.78 is 8.37. The Hall–Kier alpha value is -6.25. The van der Waals surface area contributed by atoms with E-state index in [0.29, 0.717) is 54.8 Å². The summed E-state index contributed by atoms with van der Waals surface area (Å²) >= 11 is 6.54. The molecule has 0 aliphatic carbocycles. The molecule has 0 unspecified atom stereocenters. The van der Waals surface area contributed by atoms with E-state index in [2.05, 4.69) is 25.5 Å². The number of ether oxygens (including phenoxy) is 1. The minimum atomic E-state index is -0.879. The molecule has 0 radical (unpaired) electrons. The third-order valence-corrected chi connectivity index (χ3v) is 9.84. The highest BCUT2D eigenvalue weighted by Gasteiger charge is 2.26. The molecule has 2 amide bonds. The number of anilines is 3. The van der Waals surface area contributed by atoms with E-state index in [1.54, 1.807) is 60.8 Å². The summed E-state index contributed by atoms with van der Waals surface area (Å²) in [5.41, 5.74) is 0.210. The Morgan fingerprint density at radius 1 is 0.772 bits per heavy atom. The first-order valence-corrected chi connectivity index (χ1v) is 19.0. The summed E-state index contributed by atoms with van der Waals surface area (Å²) in [7, 11) is 0. The van der Waals surface area contributed by atoms with Crippen molar-refractivity contribution >= 4 is 62.5 Å². The van der Waals surface area contributed by atoms with Crippen molar-refractivity contribution in [3.63, 3.8) is 0 Å². The Kier molecular flexibility index (Phi) is 11.0. The van der Waals surface area contributed by atoms with Gasteiger partial charge in [-0.25, -0.2) is 9.97 Å². The average Bonchev–Trinajstić information content (AvgIpc) is 3.18. The average molecular weight is 792 g/mol. The van der Waals surface area contributed by atoms with Crippen molar-refractivity contribution in [2.24, 2.45) is 11.8 Å². The van der Waals surface area contributed by atoms with Gasteiger partial charge in [0, 0.05) is 65.5 Å². The van der Waals surface area contributed by atoms with Gasteiger partial charge < -0.3 is 39.6 Å². The zero-order valence-corrected chi connectivity index (χ0v) is 32.6. The summed E-state index contributed by atoms with van der Waals surface area (Å²) in [6.07, 6.45) is 1.56. The minimum Gasteiger partial charge on any atom is -0.506 e. The van der Waals surface area contributed by atoms with Gasteiger partial charge in [0.15, 0.2) is 0 Å². The molecule has 0 saturated carbocycles. The maximum Gasteiger partial charge on any atom is 0.267 e. The van der Waals surface area contributed by atoms with Crippen LogP contribution in [0.4, 0.5) is 17.3 Å². The van der Waals surface area contributed by atoms with Crippen LogP contribution in [0.5, 0.6) is 11.5 Å². The molecule has 0 spiro atoms. The van der Waals surface area contributed by atoms with E-state index in [9.17, 15) is 29.4 Å². The highest BCUT2D eigenvalue weighted by atomic mass is 35.5. The normalized spacial score (nSPS) is 13.1. The maximum absolute atomic E-state index is 13.9. The lowest BCUT2D eigenvalue weighted by atomic mass is 10.0. The van der Waals surface area contributed by atoms with Crippen molar-refractivity contribution in [3.8, 4) is 22.8 Å². The van der Waals surface area contributed by atoms with Crippen LogP contribution < -0.4 is 26.7 Å². The van der Waals surface area contributed by atoms with E-state index in [1.165, 1.54) is 15.2 Å². The number of fused-ring (bicyclic) bond motifs is 2. The van der Waals surface area contributed by atoms with Gasteiger partial charge in [-0.15, -0.1) is 0 Å². The zero-order chi connectivity index (χ0) is 40.5. The summed E-state index contributed by atoms with van der Waals surface area (Å²) in [6, 6.07) is 18.2. The lowest BCUT2D eigenvalue weighted by Gasteiger charge is -2.28. The number of pyridine rings is 4. The zero-order valence-electron chi connectivity index (χ0n) is 31.9. The second-order valence-corrected chi connectivity index (χ2v) is 15.2. The van der Waals surface area contributed by atoms with Crippen LogP contribution in [-0.4, -0.2) is 67.4 Å². The fourth-order valence-corrected chi connectivity index (χ4v) is 7.27. The van der Waals surface area contributed by atoms with Gasteiger partial charge in [0.05, 0.1) is 29.9 Å². The fourth-order valence-electron chi connectivity index (χ4n) is 7.07. The fraction of sp³-hybridized carbons (Fsp3) is 0.286. The highest BCUT2D eigenvalue weighted by molar-refractivity contribution is 6.31. The van der Waals surface area contributed by atoms with E-state index < -0.39 is 45.6 Å². The van der Waals surface area contributed by atoms with Crippen LogP contribution >= 0.6 is 11.6 Å². The number of aromatic nitrogens is 4. The van der Waals surface area contributed by atoms with Gasteiger partial charge in [0.2, 0.25) is 0 Å². The molecular weight excluding hydrogens is 750 g/mol. The lowest BCUT2D eigenvalue weighted by Crippen LogP contribution is -2.36. The summed E-state index contributed by atoms with van der Waals surface area (Å²) in [5.74, 6) is -2.40. The van der Waals surface area contributed by atoms with Crippen LogP contribution in [0, 0.1) is 11.8 Å². The molecule has 1 saturated heterocycles. The predicted octanol–water partition coefficient (Wildman–Crippen LogP) is 6.49. The molecule has 4 aromatic heterocycles. The summed E-state index contributed by atoms with van der Waals surface area (Å²) in [6.45, 7) is 10.8. The predicted molar refractivity (Wildman–Crippen MR) is 221 cm³/mol. The molecule has 15 heteroatoms. The van der Waals surface area contributed by atoms with Gasteiger partial charge in [-0.3, -0.25) is 19.2 Å². The molecule has 4 N–H and O–H groups in total. The first-order chi connectivity index (χ1) is 27.3. The molecular formula is C42H42ClN7O7. The topological polar surface area (TPSA) is 181 Å². The molecule has 294 valence electrons. The van der Waals surface area contributed by atoms with Crippen molar-refractivity contribution < 1.29 is 24.5 Å². The Balaban J connectivity index is 1.25. The molecule has 1 fully saturated rings. The highest BCUT2D eigenvalue weighted by Crippen LogP contribution is 2.34. The number of nitrogens with zero attached hydrogens (tertiary/aromatic N) is 5. The van der Waals surface area contributed by atoms with Crippen LogP contribution in [0.15, 0.2) is 82.5 Å². The number of amides is 2. The first kappa shape index (κ1) is 39.0. The minimum absolute atomic E-state index is 0.00848. The molecule has 0 bridgehead atoms. The lowest BCUT2D eigenvalue weighted by molar-refractivity contribution is 0.101. The number of halogens is 1. The molecule has 2 aromatic carbocycles. The number of carbonyl (C=O) groups excluding carboxylic acids is 2.